The second-order valence-electron chi connectivity index (χ2n) is 4.65. The Morgan fingerprint density at radius 3 is 2.65 bits per heavy atom. The van der Waals surface area contributed by atoms with Crippen LogP contribution in [0.4, 0.5) is 0 Å². The van der Waals surface area contributed by atoms with Gasteiger partial charge < -0.3 is 9.84 Å². The molecule has 1 rings (SSSR count). The van der Waals surface area contributed by atoms with Crippen LogP contribution < -0.4 is 4.74 Å². The lowest BCUT2D eigenvalue weighted by atomic mass is 9.85. The Hall–Kier alpha value is -1.77. The number of aliphatic carboxylic acids is 1. The lowest BCUT2D eigenvalue weighted by Crippen LogP contribution is -2.13. The summed E-state index contributed by atoms with van der Waals surface area (Å²) in [5.41, 5.74) is 0.863. The van der Waals surface area contributed by atoms with Crippen molar-refractivity contribution < 1.29 is 14.6 Å². The first-order chi connectivity index (χ1) is 7.94. The average Bonchev–Trinajstić information content (AvgIpc) is 2.27. The SMILES string of the molecule is COc1ccccc1CC(C)(C)/C=C/C(=O)O. The molecule has 1 aromatic rings. The Morgan fingerprint density at radius 2 is 2.06 bits per heavy atom. The molecule has 0 atom stereocenters. The van der Waals surface area contributed by atoms with Crippen LogP contribution in [0.1, 0.15) is 19.4 Å². The number of para-hydroxylation sites is 1. The van der Waals surface area contributed by atoms with Crippen molar-refractivity contribution in [2.24, 2.45) is 5.41 Å². The van der Waals surface area contributed by atoms with E-state index in [0.717, 1.165) is 17.7 Å². The third kappa shape index (κ3) is 4.31. The normalized spacial score (nSPS) is 11.7. The number of ether oxygens (including phenoxy) is 1. The van der Waals surface area contributed by atoms with E-state index in [9.17, 15) is 4.79 Å². The highest BCUT2D eigenvalue weighted by molar-refractivity contribution is 5.79. The van der Waals surface area contributed by atoms with E-state index >= 15 is 0 Å². The molecule has 17 heavy (non-hydrogen) atoms. The third-order valence-corrected chi connectivity index (χ3v) is 2.52. The maximum atomic E-state index is 10.5. The molecule has 3 nitrogen and oxygen atoms in total. The van der Waals surface area contributed by atoms with Gasteiger partial charge in [-0.15, -0.1) is 0 Å². The number of carboxylic acid groups (broad SMARTS) is 1. The molecule has 0 heterocycles. The topological polar surface area (TPSA) is 46.5 Å². The fourth-order valence-electron chi connectivity index (χ4n) is 1.70. The molecule has 0 radical (unpaired) electrons. The molecule has 3 heteroatoms. The number of hydrogen-bond donors (Lipinski definition) is 1. The number of carbonyl (C=O) groups is 1. The Kier molecular flexibility index (Phi) is 4.32. The summed E-state index contributed by atoms with van der Waals surface area (Å²) in [5.74, 6) is -0.0811. The number of methoxy groups -OCH3 is 1. The highest BCUT2D eigenvalue weighted by Crippen LogP contribution is 2.28. The molecule has 0 spiro atoms. The zero-order valence-electron chi connectivity index (χ0n) is 10.4. The third-order valence-electron chi connectivity index (χ3n) is 2.52. The summed E-state index contributed by atoms with van der Waals surface area (Å²) in [6.45, 7) is 4.00. The summed E-state index contributed by atoms with van der Waals surface area (Å²) in [5, 5.41) is 8.63. The van der Waals surface area contributed by atoms with E-state index in [0.29, 0.717) is 0 Å². The number of benzene rings is 1. The molecule has 0 aliphatic rings. The molecular weight excluding hydrogens is 216 g/mol. The fraction of sp³-hybridized carbons (Fsp3) is 0.357. The predicted molar refractivity (Wildman–Crippen MR) is 67.3 cm³/mol. The summed E-state index contributed by atoms with van der Waals surface area (Å²) < 4.78 is 5.28. The molecule has 0 aliphatic carbocycles. The van der Waals surface area contributed by atoms with Crippen molar-refractivity contribution in [3.8, 4) is 5.75 Å². The first-order valence-electron chi connectivity index (χ1n) is 5.49. The maximum absolute atomic E-state index is 10.5. The quantitative estimate of drug-likeness (QED) is 0.797. The first kappa shape index (κ1) is 13.3. The minimum Gasteiger partial charge on any atom is -0.496 e. The summed E-state index contributed by atoms with van der Waals surface area (Å²) in [6, 6.07) is 7.78. The van der Waals surface area contributed by atoms with Crippen molar-refractivity contribution in [3.05, 3.63) is 42.0 Å². The molecule has 0 aromatic heterocycles. The second kappa shape index (κ2) is 5.53. The zero-order valence-corrected chi connectivity index (χ0v) is 10.4. The van der Waals surface area contributed by atoms with E-state index in [1.165, 1.54) is 6.08 Å². The summed E-state index contributed by atoms with van der Waals surface area (Å²) in [6.07, 6.45) is 3.64. The largest absolute Gasteiger partial charge is 0.496 e. The fourth-order valence-corrected chi connectivity index (χ4v) is 1.70. The number of hydrogen-bond acceptors (Lipinski definition) is 2. The molecule has 92 valence electrons. The Balaban J connectivity index is 2.85. The molecule has 0 bridgehead atoms. The van der Waals surface area contributed by atoms with Crippen LogP contribution in [-0.4, -0.2) is 18.2 Å². The van der Waals surface area contributed by atoms with Crippen LogP contribution in [0.3, 0.4) is 0 Å². The number of rotatable bonds is 5. The minimum atomic E-state index is -0.918. The molecule has 0 fully saturated rings. The van der Waals surface area contributed by atoms with Crippen LogP contribution in [-0.2, 0) is 11.2 Å². The van der Waals surface area contributed by atoms with Gasteiger partial charge in [-0.2, -0.15) is 0 Å². The maximum Gasteiger partial charge on any atom is 0.327 e. The number of carboxylic acids is 1. The van der Waals surface area contributed by atoms with E-state index in [2.05, 4.69) is 0 Å². The van der Waals surface area contributed by atoms with Crippen LogP contribution >= 0.6 is 0 Å². The first-order valence-corrected chi connectivity index (χ1v) is 5.49. The Bertz CT molecular complexity index is 419. The van der Waals surface area contributed by atoms with Gasteiger partial charge in [0, 0.05) is 6.08 Å². The van der Waals surface area contributed by atoms with Crippen LogP contribution in [0.2, 0.25) is 0 Å². The van der Waals surface area contributed by atoms with Gasteiger partial charge >= 0.3 is 5.97 Å². The van der Waals surface area contributed by atoms with E-state index in [4.69, 9.17) is 9.84 Å². The van der Waals surface area contributed by atoms with Gasteiger partial charge in [0.25, 0.3) is 0 Å². The van der Waals surface area contributed by atoms with Crippen LogP contribution in [0.25, 0.3) is 0 Å². The summed E-state index contributed by atoms with van der Waals surface area (Å²) in [4.78, 5) is 10.5. The van der Waals surface area contributed by atoms with Crippen molar-refractivity contribution in [3.63, 3.8) is 0 Å². The highest BCUT2D eigenvalue weighted by atomic mass is 16.5. The second-order valence-corrected chi connectivity index (χ2v) is 4.65. The van der Waals surface area contributed by atoms with Crippen LogP contribution in [0, 0.1) is 5.41 Å². The van der Waals surface area contributed by atoms with Crippen LogP contribution in [0.5, 0.6) is 5.75 Å². The van der Waals surface area contributed by atoms with Gasteiger partial charge in [-0.3, -0.25) is 0 Å². The van der Waals surface area contributed by atoms with Crippen molar-refractivity contribution in [1.29, 1.82) is 0 Å². The van der Waals surface area contributed by atoms with Crippen molar-refractivity contribution in [1.82, 2.24) is 0 Å². The summed E-state index contributed by atoms with van der Waals surface area (Å²) in [7, 11) is 1.64. The van der Waals surface area contributed by atoms with E-state index in [1.54, 1.807) is 13.2 Å². The zero-order chi connectivity index (χ0) is 12.9. The van der Waals surface area contributed by atoms with Gasteiger partial charge in [0.2, 0.25) is 0 Å². The van der Waals surface area contributed by atoms with E-state index in [1.807, 2.05) is 38.1 Å². The van der Waals surface area contributed by atoms with Crippen molar-refractivity contribution in [2.75, 3.05) is 7.11 Å². The molecule has 0 saturated heterocycles. The Morgan fingerprint density at radius 1 is 1.41 bits per heavy atom. The monoisotopic (exact) mass is 234 g/mol. The van der Waals surface area contributed by atoms with Gasteiger partial charge in [0.1, 0.15) is 5.75 Å². The van der Waals surface area contributed by atoms with Gasteiger partial charge in [-0.25, -0.2) is 4.79 Å². The minimum absolute atomic E-state index is 0.215. The lowest BCUT2D eigenvalue weighted by Gasteiger charge is -2.21. The molecule has 0 saturated carbocycles. The summed E-state index contributed by atoms with van der Waals surface area (Å²) >= 11 is 0. The lowest BCUT2D eigenvalue weighted by molar-refractivity contribution is -0.131. The molecule has 0 amide bonds. The number of allylic oxidation sites excluding steroid dienone is 1. The predicted octanol–water partition coefficient (Wildman–Crippen LogP) is 2.90. The van der Waals surface area contributed by atoms with E-state index in [-0.39, 0.29) is 5.41 Å². The average molecular weight is 234 g/mol. The standard InChI is InChI=1S/C14H18O3/c1-14(2,9-8-13(15)16)10-11-6-4-5-7-12(11)17-3/h4-9H,10H2,1-3H3,(H,15,16)/b9-8+. The van der Waals surface area contributed by atoms with Gasteiger partial charge in [0.05, 0.1) is 7.11 Å². The van der Waals surface area contributed by atoms with Gasteiger partial charge in [-0.05, 0) is 23.5 Å². The Labute approximate surface area is 102 Å². The van der Waals surface area contributed by atoms with Gasteiger partial charge in [-0.1, -0.05) is 38.1 Å². The molecule has 0 unspecified atom stereocenters. The van der Waals surface area contributed by atoms with Crippen LogP contribution in [0.15, 0.2) is 36.4 Å². The molecule has 1 aromatic carbocycles. The van der Waals surface area contributed by atoms with E-state index < -0.39 is 5.97 Å². The van der Waals surface area contributed by atoms with Crippen molar-refractivity contribution >= 4 is 5.97 Å². The highest BCUT2D eigenvalue weighted by Gasteiger charge is 2.17. The molecule has 1 N–H and O–H groups in total. The van der Waals surface area contributed by atoms with Gasteiger partial charge in [0.15, 0.2) is 0 Å². The molecule has 0 aliphatic heterocycles. The smallest absolute Gasteiger partial charge is 0.327 e. The van der Waals surface area contributed by atoms with Crippen molar-refractivity contribution in [2.45, 2.75) is 20.3 Å². The molecular formula is C14H18O3.